The van der Waals surface area contributed by atoms with Crippen LogP contribution in [-0.2, 0) is 10.8 Å². The number of fused-ring (bicyclic) bond motifs is 10. The largest absolute Gasteiger partial charge is 0.310 e. The SMILES string of the molecule is CC1(C)c2cc(N(c3ccc4ccccc4c3)c3ccc4ccccc4c3)ccc2-c2cc3c(cc21)-c1ccc(N(c2ccc4ccccc4c2)c2ccc4ccccc4c2)cc1C3(C)C. The predicted octanol–water partition coefficient (Wildman–Crippen LogP) is 17.9. The van der Waals surface area contributed by atoms with Gasteiger partial charge in [0.25, 0.3) is 0 Å². The van der Waals surface area contributed by atoms with Gasteiger partial charge in [0.2, 0.25) is 0 Å². The molecule has 314 valence electrons. The summed E-state index contributed by atoms with van der Waals surface area (Å²) < 4.78 is 0. The fraction of sp³-hybridized carbons (Fsp3) is 0.0938. The fourth-order valence-corrected chi connectivity index (χ4v) is 11.4. The Morgan fingerprint density at radius 3 is 0.773 bits per heavy atom. The van der Waals surface area contributed by atoms with Gasteiger partial charge in [-0.05, 0) is 173 Å². The Morgan fingerprint density at radius 2 is 0.470 bits per heavy atom. The first-order chi connectivity index (χ1) is 32.2. The summed E-state index contributed by atoms with van der Waals surface area (Å²) in [5.74, 6) is 0. The van der Waals surface area contributed by atoms with E-state index in [2.05, 4.69) is 256 Å². The molecule has 0 fully saturated rings. The van der Waals surface area contributed by atoms with Gasteiger partial charge >= 0.3 is 0 Å². The van der Waals surface area contributed by atoms with E-state index in [-0.39, 0.29) is 10.8 Å². The van der Waals surface area contributed by atoms with Crippen LogP contribution in [0.1, 0.15) is 49.9 Å². The van der Waals surface area contributed by atoms with Gasteiger partial charge < -0.3 is 9.80 Å². The summed E-state index contributed by atoms with van der Waals surface area (Å²) >= 11 is 0. The Balaban J connectivity index is 0.919. The lowest BCUT2D eigenvalue weighted by Gasteiger charge is -2.28. The molecule has 0 unspecified atom stereocenters. The van der Waals surface area contributed by atoms with Crippen LogP contribution < -0.4 is 9.80 Å². The first-order valence-corrected chi connectivity index (χ1v) is 23.2. The highest BCUT2D eigenvalue weighted by Crippen LogP contribution is 2.58. The second-order valence-corrected chi connectivity index (χ2v) is 19.4. The van der Waals surface area contributed by atoms with Crippen molar-refractivity contribution < 1.29 is 0 Å². The fourth-order valence-electron chi connectivity index (χ4n) is 11.4. The van der Waals surface area contributed by atoms with E-state index in [4.69, 9.17) is 0 Å². The Hall–Kier alpha value is -7.94. The minimum atomic E-state index is -0.218. The summed E-state index contributed by atoms with van der Waals surface area (Å²) in [6.45, 7) is 9.66. The molecule has 2 nitrogen and oxygen atoms in total. The third kappa shape index (κ3) is 5.88. The Bertz CT molecular complexity index is 3390. The standard InChI is InChI=1S/C64H48N2/c1-63(2)59-37-53(65(49-25-21-41-13-5-9-17-45(41)33-49)50-26-22-42-14-6-10-18-46(42)34-50)29-31-55(59)57-40-62-58(39-61(57)63)56-32-30-54(38-60(56)64(62,3)4)66(51-27-23-43-15-7-11-19-47(43)35-51)52-28-24-44-16-8-12-20-48(44)36-52/h5-40H,1-4H3. The van der Waals surface area contributed by atoms with Crippen molar-refractivity contribution in [1.29, 1.82) is 0 Å². The van der Waals surface area contributed by atoms with Gasteiger partial charge in [0.05, 0.1) is 0 Å². The molecule has 0 bridgehead atoms. The van der Waals surface area contributed by atoms with Gasteiger partial charge in [-0.15, -0.1) is 0 Å². The zero-order chi connectivity index (χ0) is 44.3. The van der Waals surface area contributed by atoms with Crippen LogP contribution in [0.25, 0.3) is 65.3 Å². The van der Waals surface area contributed by atoms with Crippen molar-refractivity contribution in [3.8, 4) is 22.3 Å². The maximum Gasteiger partial charge on any atom is 0.0468 e. The normalized spacial score (nSPS) is 14.0. The molecule has 0 saturated heterocycles. The van der Waals surface area contributed by atoms with Crippen molar-refractivity contribution in [1.82, 2.24) is 0 Å². The molecule has 66 heavy (non-hydrogen) atoms. The van der Waals surface area contributed by atoms with E-state index >= 15 is 0 Å². The molecule has 13 rings (SSSR count). The number of anilines is 6. The molecule has 0 saturated carbocycles. The molecule has 11 aromatic rings. The van der Waals surface area contributed by atoms with Gasteiger partial charge in [0.15, 0.2) is 0 Å². The van der Waals surface area contributed by atoms with Crippen molar-refractivity contribution in [2.24, 2.45) is 0 Å². The summed E-state index contributed by atoms with van der Waals surface area (Å²) in [6.07, 6.45) is 0. The van der Waals surface area contributed by atoms with E-state index in [9.17, 15) is 0 Å². The molecule has 0 atom stereocenters. The molecule has 0 aromatic heterocycles. The average Bonchev–Trinajstić information content (AvgIpc) is 3.71. The number of nitrogens with zero attached hydrogens (tertiary/aromatic N) is 2. The van der Waals surface area contributed by atoms with Crippen LogP contribution in [0.15, 0.2) is 218 Å². The molecule has 0 N–H and O–H groups in total. The molecule has 0 amide bonds. The van der Waals surface area contributed by atoms with E-state index in [1.54, 1.807) is 0 Å². The van der Waals surface area contributed by atoms with Gasteiger partial charge in [0, 0.05) is 45.0 Å². The number of hydrogen-bond acceptors (Lipinski definition) is 2. The predicted molar refractivity (Wildman–Crippen MR) is 281 cm³/mol. The van der Waals surface area contributed by atoms with E-state index in [1.807, 2.05) is 0 Å². The number of rotatable bonds is 6. The molecule has 2 aliphatic carbocycles. The zero-order valence-corrected chi connectivity index (χ0v) is 37.7. The maximum atomic E-state index is 2.53. The minimum Gasteiger partial charge on any atom is -0.310 e. The molecule has 0 heterocycles. The molecular weight excluding hydrogens is 797 g/mol. The van der Waals surface area contributed by atoms with Gasteiger partial charge in [-0.2, -0.15) is 0 Å². The maximum absolute atomic E-state index is 2.53. The smallest absolute Gasteiger partial charge is 0.0468 e. The zero-order valence-electron chi connectivity index (χ0n) is 37.7. The lowest BCUT2D eigenvalue weighted by molar-refractivity contribution is 0.652. The molecule has 0 aliphatic heterocycles. The first kappa shape index (κ1) is 38.5. The topological polar surface area (TPSA) is 6.48 Å². The Kier molecular flexibility index (Phi) is 8.33. The molecule has 0 spiro atoms. The van der Waals surface area contributed by atoms with Crippen LogP contribution in [-0.4, -0.2) is 0 Å². The lowest BCUT2D eigenvalue weighted by Crippen LogP contribution is -2.18. The van der Waals surface area contributed by atoms with Crippen LogP contribution in [0, 0.1) is 0 Å². The second-order valence-electron chi connectivity index (χ2n) is 19.4. The summed E-state index contributed by atoms with van der Waals surface area (Å²) in [5.41, 5.74) is 17.3. The van der Waals surface area contributed by atoms with Crippen molar-refractivity contribution in [3.05, 3.63) is 241 Å². The van der Waals surface area contributed by atoms with Crippen molar-refractivity contribution in [2.45, 2.75) is 38.5 Å². The van der Waals surface area contributed by atoms with Crippen LogP contribution in [0.4, 0.5) is 34.1 Å². The monoisotopic (exact) mass is 844 g/mol. The van der Waals surface area contributed by atoms with Crippen molar-refractivity contribution >= 4 is 77.2 Å². The highest BCUT2D eigenvalue weighted by atomic mass is 15.1. The molecule has 11 aromatic carbocycles. The highest BCUT2D eigenvalue weighted by molar-refractivity contribution is 5.97. The van der Waals surface area contributed by atoms with Gasteiger partial charge in [-0.3, -0.25) is 0 Å². The molecule has 0 radical (unpaired) electrons. The number of benzene rings is 11. The van der Waals surface area contributed by atoms with Gasteiger partial charge in [-0.25, -0.2) is 0 Å². The van der Waals surface area contributed by atoms with Gasteiger partial charge in [-0.1, -0.05) is 161 Å². The van der Waals surface area contributed by atoms with E-state index < -0.39 is 0 Å². The third-order valence-corrected chi connectivity index (χ3v) is 14.9. The summed E-state index contributed by atoms with van der Waals surface area (Å²) in [6, 6.07) is 81.4. The average molecular weight is 845 g/mol. The third-order valence-electron chi connectivity index (χ3n) is 14.9. The minimum absolute atomic E-state index is 0.218. The first-order valence-electron chi connectivity index (χ1n) is 23.2. The molecule has 2 aliphatic rings. The van der Waals surface area contributed by atoms with E-state index in [1.165, 1.54) is 87.6 Å². The number of hydrogen-bond donors (Lipinski definition) is 0. The van der Waals surface area contributed by atoms with E-state index in [0.29, 0.717) is 0 Å². The summed E-state index contributed by atoms with van der Waals surface area (Å²) in [7, 11) is 0. The van der Waals surface area contributed by atoms with Gasteiger partial charge in [0.1, 0.15) is 0 Å². The highest BCUT2D eigenvalue weighted by Gasteiger charge is 2.42. The van der Waals surface area contributed by atoms with Crippen LogP contribution >= 0.6 is 0 Å². The van der Waals surface area contributed by atoms with Crippen LogP contribution in [0.3, 0.4) is 0 Å². The summed E-state index contributed by atoms with van der Waals surface area (Å²) in [4.78, 5) is 4.88. The Morgan fingerprint density at radius 1 is 0.227 bits per heavy atom. The van der Waals surface area contributed by atoms with Crippen molar-refractivity contribution in [2.75, 3.05) is 9.80 Å². The van der Waals surface area contributed by atoms with Crippen LogP contribution in [0.5, 0.6) is 0 Å². The van der Waals surface area contributed by atoms with Crippen molar-refractivity contribution in [3.63, 3.8) is 0 Å². The summed E-state index contributed by atoms with van der Waals surface area (Å²) in [5, 5.41) is 9.89. The lowest BCUT2D eigenvalue weighted by atomic mass is 9.79. The Labute approximate surface area is 386 Å². The molecular formula is C64H48N2. The second kappa shape index (κ2) is 14.3. The van der Waals surface area contributed by atoms with E-state index in [0.717, 1.165) is 34.1 Å². The quantitative estimate of drug-likeness (QED) is 0.165. The van der Waals surface area contributed by atoms with Crippen LogP contribution in [0.2, 0.25) is 0 Å². The molecule has 2 heteroatoms.